The Labute approximate surface area is 163 Å². The molecule has 0 unspecified atom stereocenters. The first-order valence-electron chi connectivity index (χ1n) is 8.63. The minimum absolute atomic E-state index is 0.168. The van der Waals surface area contributed by atoms with Gasteiger partial charge < -0.3 is 10.1 Å². The standard InChI is InChI=1S/C21H22N2OS2/c1-12-10-13(2)18-16(11-12)17-19(21(3,4)22-18)26-23(20(17)25)14-6-8-15(24-5)9-7-14/h6-11,22H,1-5H3. The first-order valence-corrected chi connectivity index (χ1v) is 9.81. The SMILES string of the molecule is COc1ccc(-n2sc3c(c2=S)-c2cc(C)cc(C)c2NC3(C)C)cc1. The van der Waals surface area contributed by atoms with E-state index >= 15 is 0 Å². The van der Waals surface area contributed by atoms with Crippen molar-refractivity contribution in [1.29, 1.82) is 0 Å². The van der Waals surface area contributed by atoms with Crippen LogP contribution in [0.15, 0.2) is 36.4 Å². The van der Waals surface area contributed by atoms with Gasteiger partial charge in [0.05, 0.1) is 23.2 Å². The summed E-state index contributed by atoms with van der Waals surface area (Å²) in [6.45, 7) is 8.74. The molecule has 0 amide bonds. The highest BCUT2D eigenvalue weighted by Crippen LogP contribution is 2.48. The fourth-order valence-electron chi connectivity index (χ4n) is 3.63. The predicted molar refractivity (Wildman–Crippen MR) is 113 cm³/mol. The number of nitrogens with zero attached hydrogens (tertiary/aromatic N) is 1. The van der Waals surface area contributed by atoms with Crippen LogP contribution in [0.1, 0.15) is 29.9 Å². The van der Waals surface area contributed by atoms with Crippen molar-refractivity contribution in [3.05, 3.63) is 57.0 Å². The summed E-state index contributed by atoms with van der Waals surface area (Å²) >= 11 is 7.66. The van der Waals surface area contributed by atoms with Crippen molar-refractivity contribution in [2.24, 2.45) is 0 Å². The number of hydrogen-bond acceptors (Lipinski definition) is 4. The Balaban J connectivity index is 1.99. The molecule has 134 valence electrons. The van der Waals surface area contributed by atoms with Crippen molar-refractivity contribution < 1.29 is 4.74 Å². The van der Waals surface area contributed by atoms with E-state index in [-0.39, 0.29) is 5.54 Å². The molecule has 3 nitrogen and oxygen atoms in total. The van der Waals surface area contributed by atoms with Crippen molar-refractivity contribution in [2.45, 2.75) is 33.2 Å². The maximum Gasteiger partial charge on any atom is 0.129 e. The fraction of sp³-hybridized carbons (Fsp3) is 0.286. The Bertz CT molecular complexity index is 1060. The number of hydrogen-bond donors (Lipinski definition) is 1. The van der Waals surface area contributed by atoms with Gasteiger partial charge in [-0.05, 0) is 63.6 Å². The lowest BCUT2D eigenvalue weighted by molar-refractivity contribution is 0.415. The van der Waals surface area contributed by atoms with Gasteiger partial charge in [-0.15, -0.1) is 0 Å². The number of aryl methyl sites for hydroxylation is 2. The summed E-state index contributed by atoms with van der Waals surface area (Å²) in [6.07, 6.45) is 0. The normalized spacial score (nSPS) is 14.3. The predicted octanol–water partition coefficient (Wildman–Crippen LogP) is 6.22. The van der Waals surface area contributed by atoms with Crippen LogP contribution >= 0.6 is 23.8 Å². The van der Waals surface area contributed by atoms with Crippen LogP contribution in [0.5, 0.6) is 5.75 Å². The largest absolute Gasteiger partial charge is 0.497 e. The van der Waals surface area contributed by atoms with Gasteiger partial charge in [-0.25, -0.2) is 0 Å². The zero-order valence-corrected chi connectivity index (χ0v) is 17.3. The lowest BCUT2D eigenvalue weighted by atomic mass is 9.87. The molecule has 5 heteroatoms. The molecule has 0 saturated heterocycles. The molecule has 0 radical (unpaired) electrons. The van der Waals surface area contributed by atoms with Crippen LogP contribution in [-0.4, -0.2) is 11.1 Å². The summed E-state index contributed by atoms with van der Waals surface area (Å²) in [5.41, 5.74) is 7.01. The van der Waals surface area contributed by atoms with E-state index in [1.807, 2.05) is 12.1 Å². The number of ether oxygens (including phenoxy) is 1. The number of methoxy groups -OCH3 is 1. The molecule has 2 heterocycles. The lowest BCUT2D eigenvalue weighted by Crippen LogP contribution is -2.31. The first kappa shape index (κ1) is 17.3. The van der Waals surface area contributed by atoms with E-state index in [0.29, 0.717) is 0 Å². The van der Waals surface area contributed by atoms with E-state index in [9.17, 15) is 0 Å². The van der Waals surface area contributed by atoms with E-state index in [2.05, 4.69) is 61.2 Å². The molecule has 1 N–H and O–H groups in total. The smallest absolute Gasteiger partial charge is 0.129 e. The van der Waals surface area contributed by atoms with Gasteiger partial charge in [-0.2, -0.15) is 0 Å². The molecule has 1 aliphatic heterocycles. The molecule has 1 aromatic heterocycles. The van der Waals surface area contributed by atoms with Crippen LogP contribution in [0.4, 0.5) is 5.69 Å². The first-order chi connectivity index (χ1) is 12.3. The molecule has 0 fully saturated rings. The topological polar surface area (TPSA) is 26.2 Å². The summed E-state index contributed by atoms with van der Waals surface area (Å²) < 4.78 is 8.30. The van der Waals surface area contributed by atoms with Gasteiger partial charge in [0.15, 0.2) is 0 Å². The third kappa shape index (κ3) is 2.58. The molecule has 26 heavy (non-hydrogen) atoms. The van der Waals surface area contributed by atoms with Gasteiger partial charge in [-0.1, -0.05) is 35.4 Å². The average molecular weight is 383 g/mol. The van der Waals surface area contributed by atoms with Crippen LogP contribution in [0.3, 0.4) is 0 Å². The molecule has 0 atom stereocenters. The minimum Gasteiger partial charge on any atom is -0.497 e. The summed E-state index contributed by atoms with van der Waals surface area (Å²) in [5, 5.41) is 3.73. The second-order valence-corrected chi connectivity index (χ2v) is 8.69. The quantitative estimate of drug-likeness (QED) is 0.533. The minimum atomic E-state index is -0.168. The average Bonchev–Trinajstić information content (AvgIpc) is 2.95. The third-order valence-corrected chi connectivity index (χ3v) is 6.84. The van der Waals surface area contributed by atoms with Crippen molar-refractivity contribution in [3.63, 3.8) is 0 Å². The Morgan fingerprint density at radius 2 is 1.81 bits per heavy atom. The molecule has 1 aliphatic rings. The van der Waals surface area contributed by atoms with Crippen LogP contribution in [0.2, 0.25) is 0 Å². The van der Waals surface area contributed by atoms with Crippen molar-refractivity contribution in [1.82, 2.24) is 3.96 Å². The van der Waals surface area contributed by atoms with E-state index in [4.69, 9.17) is 17.0 Å². The van der Waals surface area contributed by atoms with E-state index in [0.717, 1.165) is 16.1 Å². The lowest BCUT2D eigenvalue weighted by Gasteiger charge is -2.34. The highest BCUT2D eigenvalue weighted by Gasteiger charge is 2.35. The molecule has 0 saturated carbocycles. The molecular weight excluding hydrogens is 360 g/mol. The number of aromatic nitrogens is 1. The molecule has 3 aromatic rings. The maximum atomic E-state index is 5.94. The highest BCUT2D eigenvalue weighted by molar-refractivity contribution is 7.71. The van der Waals surface area contributed by atoms with Gasteiger partial charge in [0.2, 0.25) is 0 Å². The summed E-state index contributed by atoms with van der Waals surface area (Å²) in [7, 11) is 1.68. The number of fused-ring (bicyclic) bond motifs is 3. The zero-order chi connectivity index (χ0) is 18.6. The van der Waals surface area contributed by atoms with Crippen LogP contribution in [-0.2, 0) is 5.54 Å². The van der Waals surface area contributed by atoms with Gasteiger partial charge in [0.25, 0.3) is 0 Å². The number of rotatable bonds is 2. The summed E-state index contributed by atoms with van der Waals surface area (Å²) in [4.78, 5) is 1.27. The second-order valence-electron chi connectivity index (χ2n) is 7.35. The van der Waals surface area contributed by atoms with E-state index in [1.165, 1.54) is 32.8 Å². The molecule has 0 aliphatic carbocycles. The number of anilines is 1. The Morgan fingerprint density at radius 1 is 1.12 bits per heavy atom. The van der Waals surface area contributed by atoms with Crippen LogP contribution in [0, 0.1) is 18.5 Å². The highest BCUT2D eigenvalue weighted by atomic mass is 32.1. The Hall–Kier alpha value is -2.11. The molecule has 0 bridgehead atoms. The van der Waals surface area contributed by atoms with Gasteiger partial charge in [0.1, 0.15) is 10.4 Å². The second kappa shape index (κ2) is 5.96. The Morgan fingerprint density at radius 3 is 2.46 bits per heavy atom. The maximum absolute atomic E-state index is 5.94. The Kier molecular flexibility index (Phi) is 3.97. The van der Waals surface area contributed by atoms with Gasteiger partial charge in [0, 0.05) is 16.8 Å². The summed E-state index contributed by atoms with van der Waals surface area (Å²) in [6, 6.07) is 12.5. The number of benzene rings is 2. The molecular formula is C21H22N2OS2. The van der Waals surface area contributed by atoms with E-state index in [1.54, 1.807) is 18.6 Å². The fourth-order valence-corrected chi connectivity index (χ4v) is 5.28. The van der Waals surface area contributed by atoms with Gasteiger partial charge >= 0.3 is 0 Å². The number of nitrogens with one attached hydrogen (secondary N) is 1. The third-order valence-electron chi connectivity index (χ3n) is 4.87. The summed E-state index contributed by atoms with van der Waals surface area (Å²) in [5.74, 6) is 0.847. The van der Waals surface area contributed by atoms with Crippen molar-refractivity contribution in [3.8, 4) is 22.6 Å². The monoisotopic (exact) mass is 382 g/mol. The molecule has 4 rings (SSSR count). The molecule has 2 aromatic carbocycles. The van der Waals surface area contributed by atoms with Crippen molar-refractivity contribution in [2.75, 3.05) is 12.4 Å². The van der Waals surface area contributed by atoms with Crippen LogP contribution < -0.4 is 10.1 Å². The van der Waals surface area contributed by atoms with Crippen LogP contribution in [0.25, 0.3) is 16.8 Å². The van der Waals surface area contributed by atoms with E-state index < -0.39 is 0 Å². The molecule has 0 spiro atoms. The zero-order valence-electron chi connectivity index (χ0n) is 15.6. The van der Waals surface area contributed by atoms with Gasteiger partial charge in [-0.3, -0.25) is 3.96 Å². The van der Waals surface area contributed by atoms with Crippen molar-refractivity contribution >= 4 is 29.4 Å².